The molecular weight excluding hydrogens is 311 g/mol. The largest absolute Gasteiger partial charge is 0.313 e. The third-order valence-electron chi connectivity index (χ3n) is 2.69. The highest BCUT2D eigenvalue weighted by Gasteiger charge is 2.04. The van der Waals surface area contributed by atoms with Gasteiger partial charge in [0.2, 0.25) is 0 Å². The molecule has 5 heteroatoms. The van der Waals surface area contributed by atoms with Crippen molar-refractivity contribution in [3.63, 3.8) is 0 Å². The zero-order valence-electron chi connectivity index (χ0n) is 11.2. The third-order valence-corrected chi connectivity index (χ3v) is 4.21. The van der Waals surface area contributed by atoms with Gasteiger partial charge < -0.3 is 5.32 Å². The number of nitrogens with one attached hydrogen (secondary N) is 1. The van der Waals surface area contributed by atoms with Crippen molar-refractivity contribution in [2.45, 2.75) is 29.8 Å². The van der Waals surface area contributed by atoms with Gasteiger partial charge in [0.05, 0.1) is 5.02 Å². The zero-order valence-corrected chi connectivity index (χ0v) is 13.5. The van der Waals surface area contributed by atoms with Gasteiger partial charge in [0.25, 0.3) is 0 Å². The molecule has 0 aliphatic heterocycles. The molecule has 0 aliphatic rings. The molecule has 2 aromatic rings. The minimum atomic E-state index is 0.643. The molecule has 0 atom stereocenters. The third kappa shape index (κ3) is 4.67. The van der Waals surface area contributed by atoms with Crippen LogP contribution in [0, 0.1) is 0 Å². The number of hydrogen-bond acceptors (Lipinski definition) is 3. The van der Waals surface area contributed by atoms with Gasteiger partial charge in [-0.15, -0.1) is 0 Å². The fourth-order valence-electron chi connectivity index (χ4n) is 1.68. The van der Waals surface area contributed by atoms with Crippen LogP contribution in [-0.2, 0) is 6.54 Å². The number of hydrogen-bond donors (Lipinski definition) is 1. The molecule has 0 radical (unpaired) electrons. The fourth-order valence-corrected chi connectivity index (χ4v) is 2.90. The molecule has 2 nitrogen and oxygen atoms in total. The molecule has 0 saturated carbocycles. The smallest absolute Gasteiger partial charge is 0.101 e. The maximum absolute atomic E-state index is 6.30. The second-order valence-electron chi connectivity index (χ2n) is 4.35. The van der Waals surface area contributed by atoms with Crippen molar-refractivity contribution in [2.24, 2.45) is 0 Å². The lowest BCUT2D eigenvalue weighted by Crippen LogP contribution is -2.13. The zero-order chi connectivity index (χ0) is 14.4. The predicted molar refractivity (Wildman–Crippen MR) is 86.8 cm³/mol. The van der Waals surface area contributed by atoms with Gasteiger partial charge >= 0.3 is 0 Å². The molecule has 0 unspecified atom stereocenters. The minimum absolute atomic E-state index is 0.643. The Morgan fingerprint density at radius 2 is 2.05 bits per heavy atom. The highest BCUT2D eigenvalue weighted by Crippen LogP contribution is 2.30. The summed E-state index contributed by atoms with van der Waals surface area (Å²) in [5.74, 6) is 0. The number of pyridine rings is 1. The summed E-state index contributed by atoms with van der Waals surface area (Å²) in [5.41, 5.74) is 1.12. The van der Waals surface area contributed by atoms with Crippen molar-refractivity contribution in [3.8, 4) is 0 Å². The maximum Gasteiger partial charge on any atom is 0.101 e. The average Bonchev–Trinajstić information content (AvgIpc) is 2.44. The summed E-state index contributed by atoms with van der Waals surface area (Å²) in [5, 5.41) is 5.68. The van der Waals surface area contributed by atoms with E-state index in [4.69, 9.17) is 23.2 Å². The van der Waals surface area contributed by atoms with E-state index in [9.17, 15) is 0 Å². The first kappa shape index (κ1) is 15.6. The predicted octanol–water partition coefficient (Wildman–Crippen LogP) is 5.04. The molecule has 1 heterocycles. The van der Waals surface area contributed by atoms with Gasteiger partial charge in [-0.25, -0.2) is 4.98 Å². The van der Waals surface area contributed by atoms with E-state index in [1.165, 1.54) is 0 Å². The van der Waals surface area contributed by atoms with Crippen molar-refractivity contribution in [3.05, 3.63) is 52.1 Å². The van der Waals surface area contributed by atoms with Crippen LogP contribution >= 0.6 is 35.0 Å². The van der Waals surface area contributed by atoms with E-state index in [0.717, 1.165) is 40.0 Å². The van der Waals surface area contributed by atoms with Crippen LogP contribution in [0.4, 0.5) is 0 Å². The Labute approximate surface area is 133 Å². The van der Waals surface area contributed by atoms with Gasteiger partial charge in [0.15, 0.2) is 0 Å². The summed E-state index contributed by atoms with van der Waals surface area (Å²) in [6, 6.07) is 9.84. The quantitative estimate of drug-likeness (QED) is 0.753. The highest BCUT2D eigenvalue weighted by atomic mass is 35.5. The minimum Gasteiger partial charge on any atom is -0.313 e. The van der Waals surface area contributed by atoms with E-state index in [1.54, 1.807) is 18.0 Å². The lowest BCUT2D eigenvalue weighted by molar-refractivity contribution is 0.675. The normalized spacial score (nSPS) is 10.8. The summed E-state index contributed by atoms with van der Waals surface area (Å²) in [6.07, 6.45) is 2.77. The van der Waals surface area contributed by atoms with Crippen molar-refractivity contribution in [1.82, 2.24) is 10.3 Å². The second kappa shape index (κ2) is 7.89. The van der Waals surface area contributed by atoms with Crippen LogP contribution in [0.5, 0.6) is 0 Å². The molecule has 0 amide bonds. The van der Waals surface area contributed by atoms with Crippen molar-refractivity contribution in [2.75, 3.05) is 6.54 Å². The number of rotatable bonds is 6. The number of benzene rings is 1. The van der Waals surface area contributed by atoms with Gasteiger partial charge in [-0.1, -0.05) is 48.0 Å². The molecule has 1 aromatic heterocycles. The SMILES string of the molecule is CCCNCc1ccc(Sc2ccc(Cl)cn2)cc1Cl. The molecule has 1 aromatic carbocycles. The van der Waals surface area contributed by atoms with Gasteiger partial charge in [0.1, 0.15) is 5.03 Å². The topological polar surface area (TPSA) is 24.9 Å². The molecule has 0 fully saturated rings. The van der Waals surface area contributed by atoms with Gasteiger partial charge in [0, 0.05) is 22.7 Å². The second-order valence-corrected chi connectivity index (χ2v) is 6.28. The van der Waals surface area contributed by atoms with Crippen LogP contribution < -0.4 is 5.32 Å². The first-order chi connectivity index (χ1) is 9.69. The first-order valence-electron chi connectivity index (χ1n) is 6.47. The summed E-state index contributed by atoms with van der Waals surface area (Å²) >= 11 is 13.7. The molecule has 0 spiro atoms. The molecule has 106 valence electrons. The standard InChI is InChI=1S/C15H16Cl2N2S/c1-2-7-18-9-11-3-5-13(8-14(11)17)20-15-6-4-12(16)10-19-15/h3-6,8,10,18H,2,7,9H2,1H3. The van der Waals surface area contributed by atoms with Crippen LogP contribution in [-0.4, -0.2) is 11.5 Å². The van der Waals surface area contributed by atoms with Gasteiger partial charge in [-0.05, 0) is 42.8 Å². The van der Waals surface area contributed by atoms with Crippen LogP contribution in [0.2, 0.25) is 10.0 Å². The molecule has 0 bridgehead atoms. The molecule has 0 aliphatic carbocycles. The Hall–Kier alpha value is -0.740. The first-order valence-corrected chi connectivity index (χ1v) is 8.05. The van der Waals surface area contributed by atoms with Crippen LogP contribution in [0.25, 0.3) is 0 Å². The Kier molecular flexibility index (Phi) is 6.17. The molecule has 1 N–H and O–H groups in total. The number of halogens is 2. The van der Waals surface area contributed by atoms with E-state index in [0.29, 0.717) is 5.02 Å². The Morgan fingerprint density at radius 3 is 2.70 bits per heavy atom. The number of aromatic nitrogens is 1. The molecular formula is C15H16Cl2N2S. The summed E-state index contributed by atoms with van der Waals surface area (Å²) < 4.78 is 0. The lowest BCUT2D eigenvalue weighted by Gasteiger charge is -2.08. The van der Waals surface area contributed by atoms with Gasteiger partial charge in [-0.3, -0.25) is 0 Å². The van der Waals surface area contributed by atoms with Gasteiger partial charge in [-0.2, -0.15) is 0 Å². The van der Waals surface area contributed by atoms with E-state index in [-0.39, 0.29) is 0 Å². The van der Waals surface area contributed by atoms with E-state index >= 15 is 0 Å². The average molecular weight is 327 g/mol. The molecule has 2 rings (SSSR count). The highest BCUT2D eigenvalue weighted by molar-refractivity contribution is 7.99. The summed E-state index contributed by atoms with van der Waals surface area (Å²) in [6.45, 7) is 3.95. The maximum atomic E-state index is 6.30. The Bertz CT molecular complexity index is 558. The molecule has 0 saturated heterocycles. The fraction of sp³-hybridized carbons (Fsp3) is 0.267. The van der Waals surface area contributed by atoms with Crippen molar-refractivity contribution >= 4 is 35.0 Å². The summed E-state index contributed by atoms with van der Waals surface area (Å²) in [4.78, 5) is 5.34. The van der Waals surface area contributed by atoms with E-state index < -0.39 is 0 Å². The Morgan fingerprint density at radius 1 is 1.20 bits per heavy atom. The van der Waals surface area contributed by atoms with Crippen LogP contribution in [0.3, 0.4) is 0 Å². The van der Waals surface area contributed by atoms with Crippen molar-refractivity contribution < 1.29 is 0 Å². The monoisotopic (exact) mass is 326 g/mol. The van der Waals surface area contributed by atoms with E-state index in [2.05, 4.69) is 29.4 Å². The van der Waals surface area contributed by atoms with E-state index in [1.807, 2.05) is 18.2 Å². The number of nitrogens with zero attached hydrogens (tertiary/aromatic N) is 1. The van der Waals surface area contributed by atoms with Crippen LogP contribution in [0.1, 0.15) is 18.9 Å². The molecule has 20 heavy (non-hydrogen) atoms. The van der Waals surface area contributed by atoms with Crippen molar-refractivity contribution in [1.29, 1.82) is 0 Å². The Balaban J connectivity index is 2.03. The summed E-state index contributed by atoms with van der Waals surface area (Å²) in [7, 11) is 0. The lowest BCUT2D eigenvalue weighted by atomic mass is 10.2. The van der Waals surface area contributed by atoms with Crippen LogP contribution in [0.15, 0.2) is 46.5 Å².